The first-order valence-corrected chi connectivity index (χ1v) is 9.66. The van der Waals surface area contributed by atoms with Crippen molar-refractivity contribution in [2.45, 2.75) is 4.90 Å². The van der Waals surface area contributed by atoms with Gasteiger partial charge in [-0.05, 0) is 23.6 Å². The molecule has 0 aliphatic rings. The summed E-state index contributed by atoms with van der Waals surface area (Å²) in [6.45, 7) is -0.00272. The van der Waals surface area contributed by atoms with Crippen LogP contribution in [0.15, 0.2) is 63.3 Å². The van der Waals surface area contributed by atoms with E-state index in [4.69, 9.17) is 4.52 Å². The summed E-state index contributed by atoms with van der Waals surface area (Å²) in [5.41, 5.74) is 0.121. The molecule has 1 N–H and O–H groups in total. The van der Waals surface area contributed by atoms with Gasteiger partial charge in [-0.1, -0.05) is 29.4 Å². The second-order valence-corrected chi connectivity index (χ2v) is 8.00. The highest BCUT2D eigenvalue weighted by Crippen LogP contribution is 2.25. The third-order valence-electron chi connectivity index (χ3n) is 3.27. The first kappa shape index (κ1) is 16.4. The highest BCUT2D eigenvalue weighted by Gasteiger charge is 2.17. The topological polar surface area (TPSA) is 89.3 Å². The van der Waals surface area contributed by atoms with Crippen molar-refractivity contribution in [3.05, 3.63) is 59.6 Å². The molecule has 0 radical (unpaired) electrons. The Morgan fingerprint density at radius 2 is 1.96 bits per heavy atom. The Morgan fingerprint density at radius 3 is 2.67 bits per heavy atom. The Hall–Kier alpha value is -2.45. The number of nitrogens with zero attached hydrogens (tertiary/aromatic N) is 1. The quantitative estimate of drug-likeness (QED) is 0.728. The number of thiophene rings is 1. The zero-order valence-electron chi connectivity index (χ0n) is 12.5. The van der Waals surface area contributed by atoms with Gasteiger partial charge in [-0.25, -0.2) is 8.42 Å². The predicted octanol–water partition coefficient (Wildman–Crippen LogP) is 2.61. The second kappa shape index (κ2) is 6.98. The van der Waals surface area contributed by atoms with Crippen LogP contribution in [-0.2, 0) is 9.84 Å². The maximum Gasteiger partial charge on any atom is 0.273 e. The van der Waals surface area contributed by atoms with Crippen molar-refractivity contribution < 1.29 is 17.7 Å². The Balaban J connectivity index is 1.58. The van der Waals surface area contributed by atoms with Crippen molar-refractivity contribution in [1.29, 1.82) is 0 Å². The Bertz CT molecular complexity index is 916. The van der Waals surface area contributed by atoms with Crippen molar-refractivity contribution in [1.82, 2.24) is 10.5 Å². The van der Waals surface area contributed by atoms with Crippen LogP contribution in [0.1, 0.15) is 10.5 Å². The van der Waals surface area contributed by atoms with E-state index in [9.17, 15) is 13.2 Å². The van der Waals surface area contributed by atoms with Gasteiger partial charge in [-0.2, -0.15) is 0 Å². The van der Waals surface area contributed by atoms with Crippen LogP contribution in [0, 0.1) is 0 Å². The molecule has 0 aliphatic carbocycles. The highest BCUT2D eigenvalue weighted by atomic mass is 32.2. The highest BCUT2D eigenvalue weighted by molar-refractivity contribution is 7.91. The van der Waals surface area contributed by atoms with Crippen LogP contribution < -0.4 is 5.32 Å². The fourth-order valence-electron chi connectivity index (χ4n) is 2.05. The molecule has 3 rings (SSSR count). The predicted molar refractivity (Wildman–Crippen MR) is 90.6 cm³/mol. The van der Waals surface area contributed by atoms with Gasteiger partial charge in [0.2, 0.25) is 0 Å². The molecule has 6 nitrogen and oxygen atoms in total. The number of nitrogens with one attached hydrogen (secondary N) is 1. The molecule has 8 heteroatoms. The zero-order valence-corrected chi connectivity index (χ0v) is 14.1. The molecular weight excluding hydrogens is 348 g/mol. The Labute approximate surface area is 143 Å². The fourth-order valence-corrected chi connectivity index (χ4v) is 3.90. The molecule has 0 atom stereocenters. The molecule has 3 aromatic rings. The number of sulfone groups is 1. The molecule has 1 amide bonds. The average Bonchev–Trinajstić information content (AvgIpc) is 3.26. The van der Waals surface area contributed by atoms with E-state index in [-0.39, 0.29) is 22.9 Å². The lowest BCUT2D eigenvalue weighted by molar-refractivity contribution is 0.0947. The van der Waals surface area contributed by atoms with E-state index in [0.29, 0.717) is 5.76 Å². The van der Waals surface area contributed by atoms with Crippen molar-refractivity contribution in [3.63, 3.8) is 0 Å². The number of amides is 1. The molecular formula is C16H14N2O4S2. The van der Waals surface area contributed by atoms with Crippen molar-refractivity contribution in [2.75, 3.05) is 12.3 Å². The van der Waals surface area contributed by atoms with Crippen molar-refractivity contribution in [2.24, 2.45) is 0 Å². The molecule has 124 valence electrons. The van der Waals surface area contributed by atoms with Gasteiger partial charge in [0.05, 0.1) is 15.5 Å². The molecule has 24 heavy (non-hydrogen) atoms. The maximum atomic E-state index is 12.1. The number of hydrogen-bond donors (Lipinski definition) is 1. The van der Waals surface area contributed by atoms with E-state index in [1.807, 2.05) is 17.5 Å². The first-order chi connectivity index (χ1) is 11.6. The number of carbonyl (C=O) groups excluding carboxylic acids is 1. The van der Waals surface area contributed by atoms with E-state index in [1.165, 1.54) is 29.5 Å². The summed E-state index contributed by atoms with van der Waals surface area (Å²) in [6.07, 6.45) is 0. The van der Waals surface area contributed by atoms with Crippen LogP contribution in [0.25, 0.3) is 10.6 Å². The molecule has 0 aliphatic heterocycles. The summed E-state index contributed by atoms with van der Waals surface area (Å²) in [7, 11) is -3.43. The average molecular weight is 362 g/mol. The van der Waals surface area contributed by atoms with Crippen LogP contribution in [-0.4, -0.2) is 31.8 Å². The van der Waals surface area contributed by atoms with Crippen LogP contribution in [0.3, 0.4) is 0 Å². The third kappa shape index (κ3) is 3.72. The SMILES string of the molecule is O=C(NCCS(=O)(=O)c1ccccc1)c1cc(-c2cccs2)on1. The van der Waals surface area contributed by atoms with Crippen LogP contribution in [0.5, 0.6) is 0 Å². The minimum atomic E-state index is -3.43. The summed E-state index contributed by atoms with van der Waals surface area (Å²) in [5.74, 6) is -0.143. The van der Waals surface area contributed by atoms with Gasteiger partial charge in [0.25, 0.3) is 5.91 Å². The lowest BCUT2D eigenvalue weighted by atomic mass is 10.3. The van der Waals surface area contributed by atoms with Gasteiger partial charge in [0, 0.05) is 12.6 Å². The minimum Gasteiger partial charge on any atom is -0.355 e. The van der Waals surface area contributed by atoms with Gasteiger partial charge in [-0.3, -0.25) is 4.79 Å². The monoisotopic (exact) mass is 362 g/mol. The van der Waals surface area contributed by atoms with E-state index < -0.39 is 15.7 Å². The smallest absolute Gasteiger partial charge is 0.273 e. The summed E-state index contributed by atoms with van der Waals surface area (Å²) < 4.78 is 29.4. The van der Waals surface area contributed by atoms with Crippen LogP contribution in [0.4, 0.5) is 0 Å². The molecule has 0 saturated heterocycles. The lowest BCUT2D eigenvalue weighted by Gasteiger charge is -2.05. The van der Waals surface area contributed by atoms with Crippen LogP contribution in [0.2, 0.25) is 0 Å². The third-order valence-corrected chi connectivity index (χ3v) is 5.88. The van der Waals surface area contributed by atoms with E-state index in [0.717, 1.165) is 4.88 Å². The molecule has 0 spiro atoms. The van der Waals surface area contributed by atoms with Gasteiger partial charge in [-0.15, -0.1) is 11.3 Å². The first-order valence-electron chi connectivity index (χ1n) is 7.13. The van der Waals surface area contributed by atoms with Crippen LogP contribution >= 0.6 is 11.3 Å². The molecule has 0 bridgehead atoms. The van der Waals surface area contributed by atoms with E-state index in [2.05, 4.69) is 10.5 Å². The number of aromatic nitrogens is 1. The summed E-state index contributed by atoms with van der Waals surface area (Å²) in [5, 5.41) is 8.16. The normalized spacial score (nSPS) is 11.3. The maximum absolute atomic E-state index is 12.1. The van der Waals surface area contributed by atoms with E-state index >= 15 is 0 Å². The van der Waals surface area contributed by atoms with Gasteiger partial charge >= 0.3 is 0 Å². The molecule has 2 aromatic heterocycles. The zero-order chi connectivity index (χ0) is 17.0. The Kier molecular flexibility index (Phi) is 4.77. The molecule has 2 heterocycles. The lowest BCUT2D eigenvalue weighted by Crippen LogP contribution is -2.29. The Morgan fingerprint density at radius 1 is 1.17 bits per heavy atom. The number of carbonyl (C=O) groups is 1. The van der Waals surface area contributed by atoms with Gasteiger partial charge in [0.15, 0.2) is 21.3 Å². The van der Waals surface area contributed by atoms with Gasteiger partial charge < -0.3 is 9.84 Å². The number of rotatable bonds is 6. The molecule has 1 aromatic carbocycles. The molecule has 0 fully saturated rings. The summed E-state index contributed by atoms with van der Waals surface area (Å²) in [4.78, 5) is 13.1. The summed E-state index contributed by atoms with van der Waals surface area (Å²) in [6, 6.07) is 13.4. The molecule has 0 unspecified atom stereocenters. The fraction of sp³-hybridized carbons (Fsp3) is 0.125. The van der Waals surface area contributed by atoms with Crippen molar-refractivity contribution in [3.8, 4) is 10.6 Å². The van der Waals surface area contributed by atoms with E-state index in [1.54, 1.807) is 18.2 Å². The largest absolute Gasteiger partial charge is 0.355 e. The minimum absolute atomic E-state index is 0.00272. The summed E-state index contributed by atoms with van der Waals surface area (Å²) >= 11 is 1.48. The second-order valence-electron chi connectivity index (χ2n) is 4.94. The van der Waals surface area contributed by atoms with Gasteiger partial charge in [0.1, 0.15) is 0 Å². The number of benzene rings is 1. The number of hydrogen-bond acceptors (Lipinski definition) is 6. The van der Waals surface area contributed by atoms with Crippen molar-refractivity contribution >= 4 is 27.1 Å². The molecule has 0 saturated carbocycles. The standard InChI is InChI=1S/C16H14N2O4S2/c19-16(13-11-14(22-18-13)15-7-4-9-23-15)17-8-10-24(20,21)12-5-2-1-3-6-12/h1-7,9,11H,8,10H2,(H,17,19).